The smallest absolute Gasteiger partial charge is 0.354 e. The number of hydrogen-bond acceptors (Lipinski definition) is 7. The molecule has 0 saturated heterocycles. The first-order chi connectivity index (χ1) is 10.2. The maximum Gasteiger partial charge on any atom is 0.354 e. The molecule has 0 radical (unpaired) electrons. The van der Waals surface area contributed by atoms with E-state index in [-0.39, 0.29) is 25.6 Å². The summed E-state index contributed by atoms with van der Waals surface area (Å²) in [6.07, 6.45) is -0.105. The Morgan fingerprint density at radius 2 is 1.68 bits per heavy atom. The molecule has 124 valence electrons. The van der Waals surface area contributed by atoms with E-state index in [0.717, 1.165) is 0 Å². The zero-order chi connectivity index (χ0) is 16.9. The number of carbonyl (C=O) groups is 3. The molecule has 0 aromatic heterocycles. The molecule has 0 aromatic rings. The standard InChI is InChI=1S/C15H23NO6/c1-6-20-12(17)10(13(18)21-7-2)8-15(5)16-11(9(3)4)14(19)22-15/h9-10H,6-8H2,1-5H3. The zero-order valence-electron chi connectivity index (χ0n) is 13.7. The summed E-state index contributed by atoms with van der Waals surface area (Å²) >= 11 is 0. The van der Waals surface area contributed by atoms with Crippen molar-refractivity contribution in [2.75, 3.05) is 13.2 Å². The fraction of sp³-hybridized carbons (Fsp3) is 0.733. The third kappa shape index (κ3) is 4.29. The van der Waals surface area contributed by atoms with Gasteiger partial charge in [0.1, 0.15) is 5.71 Å². The lowest BCUT2D eigenvalue weighted by Crippen LogP contribution is -2.36. The van der Waals surface area contributed by atoms with Crippen LogP contribution in [0.15, 0.2) is 4.99 Å². The Balaban J connectivity index is 2.96. The lowest BCUT2D eigenvalue weighted by atomic mass is 9.98. The Labute approximate surface area is 130 Å². The average molecular weight is 313 g/mol. The lowest BCUT2D eigenvalue weighted by Gasteiger charge is -2.23. The fourth-order valence-electron chi connectivity index (χ4n) is 2.15. The minimum absolute atomic E-state index is 0.0991. The van der Waals surface area contributed by atoms with Gasteiger partial charge in [-0.3, -0.25) is 9.59 Å². The van der Waals surface area contributed by atoms with Crippen LogP contribution in [0.5, 0.6) is 0 Å². The Morgan fingerprint density at radius 3 is 2.05 bits per heavy atom. The first-order valence-corrected chi connectivity index (χ1v) is 7.40. The van der Waals surface area contributed by atoms with Crippen LogP contribution in [0.4, 0.5) is 0 Å². The second-order valence-electron chi connectivity index (χ2n) is 5.48. The van der Waals surface area contributed by atoms with E-state index >= 15 is 0 Å². The normalized spacial score (nSPS) is 20.9. The Bertz CT molecular complexity index is 466. The monoisotopic (exact) mass is 313 g/mol. The number of rotatable bonds is 7. The van der Waals surface area contributed by atoms with Crippen molar-refractivity contribution in [3.05, 3.63) is 0 Å². The van der Waals surface area contributed by atoms with E-state index < -0.39 is 29.6 Å². The molecule has 1 aliphatic rings. The van der Waals surface area contributed by atoms with Gasteiger partial charge in [-0.1, -0.05) is 13.8 Å². The average Bonchev–Trinajstić information content (AvgIpc) is 2.72. The summed E-state index contributed by atoms with van der Waals surface area (Å²) in [5, 5.41) is 0. The lowest BCUT2D eigenvalue weighted by molar-refractivity contribution is -0.167. The molecule has 1 rings (SSSR count). The van der Waals surface area contributed by atoms with Gasteiger partial charge >= 0.3 is 17.9 Å². The quantitative estimate of drug-likeness (QED) is 0.402. The van der Waals surface area contributed by atoms with Gasteiger partial charge in [-0.15, -0.1) is 0 Å². The Hall–Kier alpha value is -1.92. The first kappa shape index (κ1) is 18.1. The van der Waals surface area contributed by atoms with Gasteiger partial charge in [0.05, 0.1) is 13.2 Å². The van der Waals surface area contributed by atoms with E-state index in [0.29, 0.717) is 5.71 Å². The van der Waals surface area contributed by atoms with Gasteiger partial charge in [0.2, 0.25) is 5.72 Å². The number of carbonyl (C=O) groups excluding carboxylic acids is 3. The minimum atomic E-state index is -1.26. The molecule has 0 N–H and O–H groups in total. The molecule has 22 heavy (non-hydrogen) atoms. The highest BCUT2D eigenvalue weighted by Gasteiger charge is 2.45. The first-order valence-electron chi connectivity index (χ1n) is 7.40. The number of hydrogen-bond donors (Lipinski definition) is 0. The molecule has 7 nitrogen and oxygen atoms in total. The van der Waals surface area contributed by atoms with Crippen molar-refractivity contribution in [2.24, 2.45) is 16.8 Å². The molecule has 7 heteroatoms. The van der Waals surface area contributed by atoms with Gasteiger partial charge in [0, 0.05) is 12.3 Å². The van der Waals surface area contributed by atoms with E-state index in [9.17, 15) is 14.4 Å². The van der Waals surface area contributed by atoms with Gasteiger partial charge in [0.15, 0.2) is 5.92 Å². The molecule has 0 spiro atoms. The van der Waals surface area contributed by atoms with Crippen LogP contribution in [0.25, 0.3) is 0 Å². The Morgan fingerprint density at radius 1 is 1.18 bits per heavy atom. The minimum Gasteiger partial charge on any atom is -0.465 e. The summed E-state index contributed by atoms with van der Waals surface area (Å²) in [6, 6.07) is 0. The maximum absolute atomic E-state index is 12.0. The largest absolute Gasteiger partial charge is 0.465 e. The van der Waals surface area contributed by atoms with Crippen LogP contribution in [0, 0.1) is 11.8 Å². The van der Waals surface area contributed by atoms with Crippen LogP contribution < -0.4 is 0 Å². The van der Waals surface area contributed by atoms with Crippen LogP contribution in [0.2, 0.25) is 0 Å². The van der Waals surface area contributed by atoms with Gasteiger partial charge in [0.25, 0.3) is 0 Å². The summed E-state index contributed by atoms with van der Waals surface area (Å²) in [5.74, 6) is -3.20. The zero-order valence-corrected chi connectivity index (χ0v) is 13.7. The van der Waals surface area contributed by atoms with Crippen molar-refractivity contribution in [3.63, 3.8) is 0 Å². The molecule has 1 atom stereocenters. The molecular weight excluding hydrogens is 290 g/mol. The highest BCUT2D eigenvalue weighted by atomic mass is 16.6. The number of aliphatic imine (C=N–C) groups is 1. The van der Waals surface area contributed by atoms with Crippen molar-refractivity contribution >= 4 is 23.6 Å². The van der Waals surface area contributed by atoms with Crippen LogP contribution in [-0.2, 0) is 28.6 Å². The van der Waals surface area contributed by atoms with Crippen molar-refractivity contribution in [1.82, 2.24) is 0 Å². The van der Waals surface area contributed by atoms with E-state index in [2.05, 4.69) is 4.99 Å². The number of esters is 3. The summed E-state index contributed by atoms with van der Waals surface area (Å²) in [4.78, 5) is 40.0. The van der Waals surface area contributed by atoms with E-state index in [1.165, 1.54) is 0 Å². The topological polar surface area (TPSA) is 91.3 Å². The third-order valence-corrected chi connectivity index (χ3v) is 3.15. The van der Waals surface area contributed by atoms with E-state index in [4.69, 9.17) is 14.2 Å². The second-order valence-corrected chi connectivity index (χ2v) is 5.48. The van der Waals surface area contributed by atoms with E-state index in [1.54, 1.807) is 20.8 Å². The maximum atomic E-state index is 12.0. The van der Waals surface area contributed by atoms with Crippen molar-refractivity contribution in [1.29, 1.82) is 0 Å². The van der Waals surface area contributed by atoms with Crippen molar-refractivity contribution in [3.8, 4) is 0 Å². The molecule has 1 unspecified atom stereocenters. The molecule has 0 fully saturated rings. The summed E-state index contributed by atoms with van der Waals surface area (Å²) < 4.78 is 15.1. The number of cyclic esters (lactones) is 1. The molecule has 0 amide bonds. The summed E-state index contributed by atoms with van der Waals surface area (Å²) in [5.41, 5.74) is -0.963. The van der Waals surface area contributed by atoms with Crippen LogP contribution >= 0.6 is 0 Å². The SMILES string of the molecule is CCOC(=O)C(CC1(C)N=C(C(C)C)C(=O)O1)C(=O)OCC. The van der Waals surface area contributed by atoms with Crippen molar-refractivity contribution in [2.45, 2.75) is 46.8 Å². The highest BCUT2D eigenvalue weighted by molar-refractivity contribution is 6.38. The predicted molar refractivity (Wildman–Crippen MR) is 78.1 cm³/mol. The van der Waals surface area contributed by atoms with Gasteiger partial charge in [-0.2, -0.15) is 0 Å². The van der Waals surface area contributed by atoms with Gasteiger partial charge in [-0.05, 0) is 20.8 Å². The predicted octanol–water partition coefficient (Wildman–Crippen LogP) is 1.49. The highest BCUT2D eigenvalue weighted by Crippen LogP contribution is 2.30. The van der Waals surface area contributed by atoms with Crippen LogP contribution in [0.1, 0.15) is 41.0 Å². The molecule has 0 aliphatic carbocycles. The second kappa shape index (κ2) is 7.38. The fourth-order valence-corrected chi connectivity index (χ4v) is 2.15. The molecule has 1 heterocycles. The van der Waals surface area contributed by atoms with Crippen LogP contribution in [0.3, 0.4) is 0 Å². The molecule has 0 aromatic carbocycles. The number of nitrogens with zero attached hydrogens (tertiary/aromatic N) is 1. The Kier molecular flexibility index (Phi) is 6.08. The number of ether oxygens (including phenoxy) is 3. The molecule has 0 bridgehead atoms. The third-order valence-electron chi connectivity index (χ3n) is 3.15. The van der Waals surface area contributed by atoms with E-state index in [1.807, 2.05) is 13.8 Å². The molecular formula is C15H23NO6. The summed E-state index contributed by atoms with van der Waals surface area (Å²) in [7, 11) is 0. The van der Waals surface area contributed by atoms with Crippen molar-refractivity contribution < 1.29 is 28.6 Å². The van der Waals surface area contributed by atoms with Gasteiger partial charge < -0.3 is 14.2 Å². The summed E-state index contributed by atoms with van der Waals surface area (Å²) in [6.45, 7) is 8.78. The van der Waals surface area contributed by atoms with Crippen LogP contribution in [-0.4, -0.2) is 42.6 Å². The molecule has 1 aliphatic heterocycles. The van der Waals surface area contributed by atoms with Gasteiger partial charge in [-0.25, -0.2) is 9.79 Å². The molecule has 0 saturated carbocycles.